The third kappa shape index (κ3) is 6.35. The molecule has 1 rings (SSSR count). The van der Waals surface area contributed by atoms with Gasteiger partial charge in [-0.15, -0.1) is 0 Å². The minimum absolute atomic E-state index is 0.411. The smallest absolute Gasteiger partial charge is 0.0340 e. The zero-order valence-electron chi connectivity index (χ0n) is 11.8. The van der Waals surface area contributed by atoms with Crippen molar-refractivity contribution in [2.45, 2.75) is 53.4 Å². The van der Waals surface area contributed by atoms with Crippen LogP contribution in [0.1, 0.15) is 52.5 Å². The van der Waals surface area contributed by atoms with Crippen molar-refractivity contribution in [1.29, 1.82) is 0 Å². The van der Waals surface area contributed by atoms with Crippen molar-refractivity contribution in [3.05, 3.63) is 29.8 Å². The number of unbranched alkanes of at least 4 members (excludes halogenated alkanes) is 1. The summed E-state index contributed by atoms with van der Waals surface area (Å²) in [4.78, 5) is 0. The summed E-state index contributed by atoms with van der Waals surface area (Å²) in [7, 11) is 0. The van der Waals surface area contributed by atoms with Gasteiger partial charge in [0.25, 0.3) is 0 Å². The predicted octanol–water partition coefficient (Wildman–Crippen LogP) is 4.88. The third-order valence-corrected chi connectivity index (χ3v) is 2.98. The molecule has 0 saturated carbocycles. The van der Waals surface area contributed by atoms with E-state index in [1.807, 2.05) is 0 Å². The van der Waals surface area contributed by atoms with Crippen LogP contribution >= 0.6 is 0 Å². The molecule has 0 fully saturated rings. The van der Waals surface area contributed by atoms with Gasteiger partial charge in [0.15, 0.2) is 0 Å². The summed E-state index contributed by atoms with van der Waals surface area (Å²) in [6.45, 7) is 10.1. The Morgan fingerprint density at radius 2 is 1.71 bits per heavy atom. The minimum atomic E-state index is 0.411. The van der Waals surface area contributed by atoms with Crippen molar-refractivity contribution in [2.75, 3.05) is 11.9 Å². The number of hydrogen-bond acceptors (Lipinski definition) is 1. The molecule has 0 unspecified atom stereocenters. The Kier molecular flexibility index (Phi) is 5.54. The number of benzene rings is 1. The molecule has 0 aliphatic heterocycles. The SMILES string of the molecule is CCCCc1ccc(NCCC(C)(C)C)cc1. The van der Waals surface area contributed by atoms with E-state index in [0.717, 1.165) is 6.54 Å². The van der Waals surface area contributed by atoms with E-state index < -0.39 is 0 Å². The van der Waals surface area contributed by atoms with Crippen LogP contribution < -0.4 is 5.32 Å². The van der Waals surface area contributed by atoms with Gasteiger partial charge in [-0.3, -0.25) is 0 Å². The molecule has 1 aromatic rings. The second kappa shape index (κ2) is 6.68. The van der Waals surface area contributed by atoms with Gasteiger partial charge >= 0.3 is 0 Å². The maximum Gasteiger partial charge on any atom is 0.0340 e. The molecule has 0 heterocycles. The Morgan fingerprint density at radius 3 is 2.24 bits per heavy atom. The van der Waals surface area contributed by atoms with Gasteiger partial charge in [0, 0.05) is 12.2 Å². The standard InChI is InChI=1S/C16H27N/c1-5-6-7-14-8-10-15(11-9-14)17-13-12-16(2,3)4/h8-11,17H,5-7,12-13H2,1-4H3. The quantitative estimate of drug-likeness (QED) is 0.738. The highest BCUT2D eigenvalue weighted by molar-refractivity contribution is 5.44. The second-order valence-corrected chi connectivity index (χ2v) is 6.04. The first-order valence-electron chi connectivity index (χ1n) is 6.84. The van der Waals surface area contributed by atoms with Crippen LogP contribution in [0.3, 0.4) is 0 Å². The average molecular weight is 233 g/mol. The molecule has 1 nitrogen and oxygen atoms in total. The van der Waals surface area contributed by atoms with Crippen LogP contribution in [0.4, 0.5) is 5.69 Å². The number of aryl methyl sites for hydroxylation is 1. The van der Waals surface area contributed by atoms with E-state index in [2.05, 4.69) is 57.3 Å². The van der Waals surface area contributed by atoms with Gasteiger partial charge in [0.1, 0.15) is 0 Å². The Hall–Kier alpha value is -0.980. The molecule has 0 bridgehead atoms. The van der Waals surface area contributed by atoms with Gasteiger partial charge in [0.05, 0.1) is 0 Å². The van der Waals surface area contributed by atoms with Crippen molar-refractivity contribution >= 4 is 5.69 Å². The molecule has 1 aromatic carbocycles. The Bertz CT molecular complexity index is 305. The Morgan fingerprint density at radius 1 is 1.06 bits per heavy atom. The molecular formula is C16H27N. The van der Waals surface area contributed by atoms with Crippen LogP contribution in [0.5, 0.6) is 0 Å². The molecule has 0 amide bonds. The number of nitrogens with one attached hydrogen (secondary N) is 1. The largest absolute Gasteiger partial charge is 0.385 e. The summed E-state index contributed by atoms with van der Waals surface area (Å²) < 4.78 is 0. The summed E-state index contributed by atoms with van der Waals surface area (Å²) in [5.74, 6) is 0. The van der Waals surface area contributed by atoms with Gasteiger partial charge in [-0.1, -0.05) is 46.2 Å². The highest BCUT2D eigenvalue weighted by Gasteiger charge is 2.08. The number of rotatable bonds is 6. The van der Waals surface area contributed by atoms with Crippen LogP contribution in [-0.2, 0) is 6.42 Å². The van der Waals surface area contributed by atoms with Gasteiger partial charge in [0.2, 0.25) is 0 Å². The van der Waals surface area contributed by atoms with Crippen LogP contribution in [-0.4, -0.2) is 6.54 Å². The third-order valence-electron chi connectivity index (χ3n) is 2.98. The van der Waals surface area contributed by atoms with Crippen LogP contribution in [0.2, 0.25) is 0 Å². The van der Waals surface area contributed by atoms with E-state index in [-0.39, 0.29) is 0 Å². The first-order chi connectivity index (χ1) is 8.01. The second-order valence-electron chi connectivity index (χ2n) is 6.04. The fourth-order valence-electron chi connectivity index (χ4n) is 1.75. The molecule has 1 heteroatoms. The summed E-state index contributed by atoms with van der Waals surface area (Å²) in [6.07, 6.45) is 4.96. The van der Waals surface area contributed by atoms with E-state index >= 15 is 0 Å². The molecular weight excluding hydrogens is 206 g/mol. The Balaban J connectivity index is 2.35. The highest BCUT2D eigenvalue weighted by Crippen LogP contribution is 2.19. The molecule has 0 atom stereocenters. The lowest BCUT2D eigenvalue weighted by Crippen LogP contribution is -2.12. The summed E-state index contributed by atoms with van der Waals surface area (Å²) in [5, 5.41) is 3.48. The molecule has 0 saturated heterocycles. The van der Waals surface area contributed by atoms with Crippen LogP contribution in [0, 0.1) is 5.41 Å². The first-order valence-corrected chi connectivity index (χ1v) is 6.84. The van der Waals surface area contributed by atoms with Crippen molar-refractivity contribution < 1.29 is 0 Å². The van der Waals surface area contributed by atoms with E-state index in [9.17, 15) is 0 Å². The van der Waals surface area contributed by atoms with E-state index in [1.165, 1.54) is 36.9 Å². The van der Waals surface area contributed by atoms with Crippen molar-refractivity contribution in [3.63, 3.8) is 0 Å². The molecule has 0 aromatic heterocycles. The molecule has 96 valence electrons. The van der Waals surface area contributed by atoms with E-state index in [0.29, 0.717) is 5.41 Å². The fraction of sp³-hybridized carbons (Fsp3) is 0.625. The minimum Gasteiger partial charge on any atom is -0.385 e. The van der Waals surface area contributed by atoms with Crippen LogP contribution in [0.25, 0.3) is 0 Å². The zero-order valence-corrected chi connectivity index (χ0v) is 11.8. The number of hydrogen-bond donors (Lipinski definition) is 1. The molecule has 0 aliphatic carbocycles. The van der Waals surface area contributed by atoms with Crippen LogP contribution in [0.15, 0.2) is 24.3 Å². The molecule has 1 N–H and O–H groups in total. The maximum absolute atomic E-state index is 3.48. The molecule has 0 spiro atoms. The first kappa shape index (κ1) is 14.1. The number of anilines is 1. The normalized spacial score (nSPS) is 11.5. The van der Waals surface area contributed by atoms with Crippen molar-refractivity contribution in [1.82, 2.24) is 0 Å². The average Bonchev–Trinajstić information content (AvgIpc) is 2.26. The summed E-state index contributed by atoms with van der Waals surface area (Å²) in [6, 6.07) is 8.89. The summed E-state index contributed by atoms with van der Waals surface area (Å²) in [5.41, 5.74) is 3.11. The lowest BCUT2D eigenvalue weighted by molar-refractivity contribution is 0.390. The lowest BCUT2D eigenvalue weighted by atomic mass is 9.92. The van der Waals surface area contributed by atoms with Gasteiger partial charge < -0.3 is 5.32 Å². The monoisotopic (exact) mass is 233 g/mol. The zero-order chi connectivity index (χ0) is 12.7. The maximum atomic E-state index is 3.48. The van der Waals surface area contributed by atoms with E-state index in [4.69, 9.17) is 0 Å². The van der Waals surface area contributed by atoms with Gasteiger partial charge in [-0.25, -0.2) is 0 Å². The topological polar surface area (TPSA) is 12.0 Å². The predicted molar refractivity (Wildman–Crippen MR) is 77.6 cm³/mol. The van der Waals surface area contributed by atoms with Gasteiger partial charge in [-0.05, 0) is 42.4 Å². The van der Waals surface area contributed by atoms with E-state index in [1.54, 1.807) is 0 Å². The van der Waals surface area contributed by atoms with Gasteiger partial charge in [-0.2, -0.15) is 0 Å². The molecule has 0 aliphatic rings. The summed E-state index contributed by atoms with van der Waals surface area (Å²) >= 11 is 0. The van der Waals surface area contributed by atoms with Crippen molar-refractivity contribution in [3.8, 4) is 0 Å². The highest BCUT2D eigenvalue weighted by atomic mass is 14.9. The Labute approximate surface area is 107 Å². The van der Waals surface area contributed by atoms with Crippen molar-refractivity contribution in [2.24, 2.45) is 5.41 Å². The molecule has 17 heavy (non-hydrogen) atoms. The molecule has 0 radical (unpaired) electrons. The fourth-order valence-corrected chi connectivity index (χ4v) is 1.75. The lowest BCUT2D eigenvalue weighted by Gasteiger charge is -2.18.